The van der Waals surface area contributed by atoms with E-state index in [0.29, 0.717) is 31.0 Å². The number of likely N-dealkylation sites (N-methyl/N-ethyl adjacent to an activating group) is 1. The summed E-state index contributed by atoms with van der Waals surface area (Å²) in [6, 6.07) is 1.43. The minimum atomic E-state index is -0.490. The lowest BCUT2D eigenvalue weighted by Gasteiger charge is -2.51. The van der Waals surface area contributed by atoms with Gasteiger partial charge in [-0.25, -0.2) is 0 Å². The normalized spacial score (nSPS) is 28.7. The van der Waals surface area contributed by atoms with Crippen molar-refractivity contribution < 1.29 is 14.4 Å². The van der Waals surface area contributed by atoms with Crippen LogP contribution in [0.3, 0.4) is 0 Å². The van der Waals surface area contributed by atoms with E-state index in [0.717, 1.165) is 32.2 Å². The quantitative estimate of drug-likeness (QED) is 0.731. The van der Waals surface area contributed by atoms with Crippen LogP contribution < -0.4 is 0 Å². The molecule has 8 nitrogen and oxygen atoms in total. The maximum atomic E-state index is 13.2. The van der Waals surface area contributed by atoms with Crippen molar-refractivity contribution in [3.05, 3.63) is 17.5 Å². The number of carbonyl (C=O) groups is 3. The molecule has 0 saturated carbocycles. The van der Waals surface area contributed by atoms with E-state index in [1.807, 2.05) is 14.0 Å². The second-order valence-electron chi connectivity index (χ2n) is 8.13. The summed E-state index contributed by atoms with van der Waals surface area (Å²) in [5.74, 6) is -0.139. The first-order valence-corrected chi connectivity index (χ1v) is 9.75. The van der Waals surface area contributed by atoms with Gasteiger partial charge in [-0.3, -0.25) is 19.1 Å². The van der Waals surface area contributed by atoms with E-state index in [2.05, 4.69) is 5.10 Å². The SMILES string of the molecule is C[C@H]1N(C(=O)c2cc3n(n2)CCN(C)C3=O)CCC[C@@]12CCCN(C)C2=O. The second kappa shape index (κ2) is 6.35. The van der Waals surface area contributed by atoms with Crippen molar-refractivity contribution >= 4 is 17.7 Å². The zero-order valence-electron chi connectivity index (χ0n) is 16.3. The molecule has 0 N–H and O–H groups in total. The molecule has 2 atom stereocenters. The van der Waals surface area contributed by atoms with Crippen LogP contribution in [-0.4, -0.2) is 82.0 Å². The number of nitrogens with zero attached hydrogens (tertiary/aromatic N) is 5. The maximum Gasteiger partial charge on any atom is 0.274 e. The first-order chi connectivity index (χ1) is 12.8. The minimum absolute atomic E-state index is 0.111. The molecule has 27 heavy (non-hydrogen) atoms. The maximum absolute atomic E-state index is 13.2. The predicted octanol–water partition coefficient (Wildman–Crippen LogP) is 0.832. The number of likely N-dealkylation sites (tertiary alicyclic amines) is 2. The van der Waals surface area contributed by atoms with Gasteiger partial charge in [-0.05, 0) is 32.6 Å². The Bertz CT molecular complexity index is 799. The van der Waals surface area contributed by atoms with Gasteiger partial charge in [0.25, 0.3) is 11.8 Å². The van der Waals surface area contributed by atoms with Crippen molar-refractivity contribution in [2.75, 3.05) is 33.7 Å². The van der Waals surface area contributed by atoms with Crippen LogP contribution in [0.15, 0.2) is 6.07 Å². The summed E-state index contributed by atoms with van der Waals surface area (Å²) in [7, 11) is 3.60. The molecular weight excluding hydrogens is 346 g/mol. The van der Waals surface area contributed by atoms with Gasteiger partial charge in [-0.15, -0.1) is 0 Å². The van der Waals surface area contributed by atoms with Gasteiger partial charge >= 0.3 is 0 Å². The number of amides is 3. The fourth-order valence-electron chi connectivity index (χ4n) is 4.94. The number of aromatic nitrogens is 2. The Labute approximate surface area is 159 Å². The van der Waals surface area contributed by atoms with Crippen molar-refractivity contribution in [1.82, 2.24) is 24.5 Å². The molecule has 0 aliphatic carbocycles. The Morgan fingerprint density at radius 3 is 2.52 bits per heavy atom. The molecule has 8 heteroatoms. The molecule has 3 amide bonds. The molecule has 3 aliphatic rings. The molecule has 4 rings (SSSR count). The fourth-order valence-corrected chi connectivity index (χ4v) is 4.94. The highest BCUT2D eigenvalue weighted by atomic mass is 16.2. The first-order valence-electron chi connectivity index (χ1n) is 9.75. The molecule has 146 valence electrons. The summed E-state index contributed by atoms with van der Waals surface area (Å²) in [6.07, 6.45) is 3.42. The van der Waals surface area contributed by atoms with E-state index in [-0.39, 0.29) is 23.8 Å². The van der Waals surface area contributed by atoms with Gasteiger partial charge in [0.15, 0.2) is 5.69 Å². The van der Waals surface area contributed by atoms with Crippen LogP contribution in [0.4, 0.5) is 0 Å². The number of piperidine rings is 2. The van der Waals surface area contributed by atoms with Crippen molar-refractivity contribution in [2.24, 2.45) is 5.41 Å². The highest BCUT2D eigenvalue weighted by Gasteiger charge is 2.51. The summed E-state index contributed by atoms with van der Waals surface area (Å²) in [4.78, 5) is 43.7. The highest BCUT2D eigenvalue weighted by molar-refractivity contribution is 5.98. The van der Waals surface area contributed by atoms with Crippen LogP contribution in [0.5, 0.6) is 0 Å². The van der Waals surface area contributed by atoms with Crippen molar-refractivity contribution in [1.29, 1.82) is 0 Å². The van der Waals surface area contributed by atoms with Crippen molar-refractivity contribution in [3.8, 4) is 0 Å². The molecule has 1 spiro atoms. The molecule has 0 unspecified atom stereocenters. The second-order valence-corrected chi connectivity index (χ2v) is 8.13. The molecule has 0 radical (unpaired) electrons. The van der Waals surface area contributed by atoms with Crippen molar-refractivity contribution in [3.63, 3.8) is 0 Å². The topological polar surface area (TPSA) is 78.8 Å². The Kier molecular flexibility index (Phi) is 4.24. The van der Waals surface area contributed by atoms with E-state index in [1.165, 1.54) is 0 Å². The van der Waals surface area contributed by atoms with Gasteiger partial charge in [0.05, 0.1) is 12.0 Å². The molecule has 0 bridgehead atoms. The smallest absolute Gasteiger partial charge is 0.274 e. The average Bonchev–Trinajstić information content (AvgIpc) is 3.09. The Morgan fingerprint density at radius 2 is 1.78 bits per heavy atom. The van der Waals surface area contributed by atoms with Crippen LogP contribution in [0.1, 0.15) is 53.6 Å². The first kappa shape index (κ1) is 18.0. The summed E-state index contributed by atoms with van der Waals surface area (Å²) in [5, 5.41) is 4.40. The average molecular weight is 373 g/mol. The van der Waals surface area contributed by atoms with E-state index < -0.39 is 5.41 Å². The molecule has 2 fully saturated rings. The molecule has 0 aromatic carbocycles. The Morgan fingerprint density at radius 1 is 1.07 bits per heavy atom. The molecular formula is C19H27N5O3. The van der Waals surface area contributed by atoms with E-state index in [1.54, 1.807) is 32.5 Å². The molecule has 1 aromatic rings. The number of carbonyl (C=O) groups excluding carboxylic acids is 3. The lowest BCUT2D eigenvalue weighted by Crippen LogP contribution is -2.61. The number of hydrogen-bond donors (Lipinski definition) is 0. The minimum Gasteiger partial charge on any atom is -0.345 e. The van der Waals surface area contributed by atoms with Gasteiger partial charge in [0, 0.05) is 45.8 Å². The zero-order valence-corrected chi connectivity index (χ0v) is 16.3. The molecule has 4 heterocycles. The Hall–Kier alpha value is -2.38. The standard InChI is InChI=1S/C19H27N5O3/c1-13-19(6-4-8-22(3)18(19)27)7-5-9-23(13)16(25)14-12-15-17(26)21(2)10-11-24(15)20-14/h12-13H,4-11H2,1-3H3/t13-,19+/m1/s1. The fraction of sp³-hybridized carbons (Fsp3) is 0.684. The summed E-state index contributed by atoms with van der Waals surface area (Å²) >= 11 is 0. The van der Waals surface area contributed by atoms with Crippen LogP contribution in [0.2, 0.25) is 0 Å². The number of hydrogen-bond acceptors (Lipinski definition) is 4. The lowest BCUT2D eigenvalue weighted by atomic mass is 9.68. The molecule has 1 aromatic heterocycles. The summed E-state index contributed by atoms with van der Waals surface area (Å²) in [6.45, 7) is 4.57. The van der Waals surface area contributed by atoms with Crippen LogP contribution >= 0.6 is 0 Å². The monoisotopic (exact) mass is 373 g/mol. The van der Waals surface area contributed by atoms with Crippen molar-refractivity contribution in [2.45, 2.75) is 45.2 Å². The lowest BCUT2D eigenvalue weighted by molar-refractivity contribution is -0.152. The summed E-state index contributed by atoms with van der Waals surface area (Å²) in [5.41, 5.74) is 0.269. The van der Waals surface area contributed by atoms with Crippen LogP contribution in [-0.2, 0) is 11.3 Å². The van der Waals surface area contributed by atoms with Crippen LogP contribution in [0, 0.1) is 5.41 Å². The predicted molar refractivity (Wildman–Crippen MR) is 98.2 cm³/mol. The van der Waals surface area contributed by atoms with E-state index in [9.17, 15) is 14.4 Å². The number of rotatable bonds is 1. The molecule has 3 aliphatic heterocycles. The van der Waals surface area contributed by atoms with Gasteiger partial charge in [-0.1, -0.05) is 0 Å². The summed E-state index contributed by atoms with van der Waals surface area (Å²) < 4.78 is 1.62. The van der Waals surface area contributed by atoms with Gasteiger partial charge in [0.2, 0.25) is 5.91 Å². The third-order valence-corrected chi connectivity index (χ3v) is 6.65. The third-order valence-electron chi connectivity index (χ3n) is 6.65. The zero-order chi connectivity index (χ0) is 19.3. The van der Waals surface area contributed by atoms with E-state index in [4.69, 9.17) is 0 Å². The largest absolute Gasteiger partial charge is 0.345 e. The van der Waals surface area contributed by atoms with Gasteiger partial charge in [-0.2, -0.15) is 5.10 Å². The van der Waals surface area contributed by atoms with Gasteiger partial charge in [0.1, 0.15) is 5.69 Å². The van der Waals surface area contributed by atoms with Gasteiger partial charge < -0.3 is 14.7 Å². The highest BCUT2D eigenvalue weighted by Crippen LogP contribution is 2.44. The number of fused-ring (bicyclic) bond motifs is 1. The third kappa shape index (κ3) is 2.64. The van der Waals surface area contributed by atoms with Crippen LogP contribution in [0.25, 0.3) is 0 Å². The Balaban J connectivity index is 1.62. The molecule has 2 saturated heterocycles. The van der Waals surface area contributed by atoms with E-state index >= 15 is 0 Å².